The molecule has 0 aliphatic heterocycles. The second-order valence-corrected chi connectivity index (χ2v) is 7.48. The minimum Gasteiger partial charge on any atom is -0.496 e. The predicted octanol–water partition coefficient (Wildman–Crippen LogP) is 4.62. The van der Waals surface area contributed by atoms with Gasteiger partial charge in [-0.1, -0.05) is 13.3 Å². The summed E-state index contributed by atoms with van der Waals surface area (Å²) in [6.45, 7) is 3.35. The number of ether oxygens (including phenoxy) is 1. The maximum atomic E-state index is 5.54. The molecule has 0 aromatic carbocycles. The number of nitrogens with one attached hydrogen (secondary N) is 1. The first kappa shape index (κ1) is 14.4. The number of methoxy groups -OCH3 is 1. The van der Waals surface area contributed by atoms with Gasteiger partial charge < -0.3 is 10.1 Å². The third-order valence-electron chi connectivity index (χ3n) is 5.26. The topological polar surface area (TPSA) is 21.3 Å². The number of thiophene rings is 1. The van der Waals surface area contributed by atoms with Gasteiger partial charge in [-0.2, -0.15) is 0 Å². The van der Waals surface area contributed by atoms with Crippen molar-refractivity contribution in [3.05, 3.63) is 16.3 Å². The Hall–Kier alpha value is -0.540. The molecule has 0 radical (unpaired) electrons. The minimum atomic E-state index is 0.495. The van der Waals surface area contributed by atoms with Gasteiger partial charge in [0.2, 0.25) is 0 Å². The first-order valence-corrected chi connectivity index (χ1v) is 9.04. The molecule has 3 rings (SSSR count). The van der Waals surface area contributed by atoms with Crippen molar-refractivity contribution in [2.24, 2.45) is 17.8 Å². The smallest absolute Gasteiger partial charge is 0.134 e. The Morgan fingerprint density at radius 2 is 2.30 bits per heavy atom. The molecule has 0 saturated heterocycles. The summed E-state index contributed by atoms with van der Waals surface area (Å²) in [7, 11) is 1.79. The molecule has 20 heavy (non-hydrogen) atoms. The summed E-state index contributed by atoms with van der Waals surface area (Å²) in [5, 5.41) is 5.93. The van der Waals surface area contributed by atoms with Crippen LogP contribution in [0.15, 0.2) is 11.4 Å². The van der Waals surface area contributed by atoms with Crippen LogP contribution in [0.4, 0.5) is 0 Å². The number of hydrogen-bond donors (Lipinski definition) is 1. The zero-order valence-corrected chi connectivity index (χ0v) is 13.5. The van der Waals surface area contributed by atoms with Crippen LogP contribution >= 0.6 is 11.3 Å². The van der Waals surface area contributed by atoms with Gasteiger partial charge in [0.1, 0.15) is 5.75 Å². The Morgan fingerprint density at radius 3 is 2.95 bits per heavy atom. The SMILES string of the molecule is CCCNC(CC1CC2CCC1C2)c1sccc1OC. The number of rotatable bonds is 7. The summed E-state index contributed by atoms with van der Waals surface area (Å²) in [6.07, 6.45) is 8.46. The number of hydrogen-bond acceptors (Lipinski definition) is 3. The molecule has 2 saturated carbocycles. The number of fused-ring (bicyclic) bond motifs is 2. The summed E-state index contributed by atoms with van der Waals surface area (Å²) in [6, 6.07) is 2.61. The highest BCUT2D eigenvalue weighted by molar-refractivity contribution is 7.10. The fourth-order valence-corrected chi connectivity index (χ4v) is 5.25. The Bertz CT molecular complexity index is 430. The highest BCUT2D eigenvalue weighted by atomic mass is 32.1. The second-order valence-electron chi connectivity index (χ2n) is 6.53. The Balaban J connectivity index is 1.69. The molecule has 4 atom stereocenters. The van der Waals surface area contributed by atoms with Crippen LogP contribution in [0.2, 0.25) is 0 Å². The Kier molecular flexibility index (Phi) is 4.67. The van der Waals surface area contributed by atoms with E-state index >= 15 is 0 Å². The molecule has 0 amide bonds. The third kappa shape index (κ3) is 2.89. The molecule has 112 valence electrons. The quantitative estimate of drug-likeness (QED) is 0.792. The normalized spacial score (nSPS) is 29.8. The zero-order valence-electron chi connectivity index (χ0n) is 12.7. The summed E-state index contributed by atoms with van der Waals surface area (Å²) >= 11 is 1.85. The first-order valence-electron chi connectivity index (χ1n) is 8.16. The van der Waals surface area contributed by atoms with E-state index in [4.69, 9.17) is 4.74 Å². The fraction of sp³-hybridized carbons (Fsp3) is 0.765. The first-order chi connectivity index (χ1) is 9.81. The van der Waals surface area contributed by atoms with E-state index in [1.807, 2.05) is 11.3 Å². The predicted molar refractivity (Wildman–Crippen MR) is 85.5 cm³/mol. The lowest BCUT2D eigenvalue weighted by Gasteiger charge is -2.27. The van der Waals surface area contributed by atoms with Gasteiger partial charge >= 0.3 is 0 Å². The summed E-state index contributed by atoms with van der Waals surface area (Å²) in [5.74, 6) is 4.07. The lowest BCUT2D eigenvalue weighted by atomic mass is 9.84. The standard InChI is InChI=1S/C17H27NOS/c1-3-7-18-15(17-16(19-2)6-8-20-17)11-14-10-12-4-5-13(14)9-12/h6,8,12-15,18H,3-5,7,9-11H2,1-2H3. The van der Waals surface area contributed by atoms with E-state index in [2.05, 4.69) is 23.7 Å². The van der Waals surface area contributed by atoms with E-state index in [1.165, 1.54) is 43.4 Å². The minimum absolute atomic E-state index is 0.495. The van der Waals surface area contributed by atoms with Crippen molar-refractivity contribution < 1.29 is 4.74 Å². The molecule has 3 heteroatoms. The van der Waals surface area contributed by atoms with Crippen LogP contribution < -0.4 is 10.1 Å². The van der Waals surface area contributed by atoms with Crippen LogP contribution in [-0.4, -0.2) is 13.7 Å². The van der Waals surface area contributed by atoms with E-state index < -0.39 is 0 Å². The Labute approximate surface area is 126 Å². The maximum Gasteiger partial charge on any atom is 0.134 e. The zero-order chi connectivity index (χ0) is 13.9. The van der Waals surface area contributed by atoms with Gasteiger partial charge in [0.25, 0.3) is 0 Å². The van der Waals surface area contributed by atoms with E-state index in [-0.39, 0.29) is 0 Å². The second kappa shape index (κ2) is 6.48. The lowest BCUT2D eigenvalue weighted by molar-refractivity contribution is 0.278. The van der Waals surface area contributed by atoms with E-state index in [9.17, 15) is 0 Å². The molecule has 0 spiro atoms. The van der Waals surface area contributed by atoms with Crippen LogP contribution in [0.3, 0.4) is 0 Å². The average Bonchev–Trinajstić information content (AvgIpc) is 3.18. The van der Waals surface area contributed by atoms with Crippen molar-refractivity contribution in [3.8, 4) is 5.75 Å². The van der Waals surface area contributed by atoms with Gasteiger partial charge in [0.15, 0.2) is 0 Å². The fourth-order valence-electron chi connectivity index (χ4n) is 4.30. The maximum absolute atomic E-state index is 5.54. The van der Waals surface area contributed by atoms with Crippen molar-refractivity contribution in [2.75, 3.05) is 13.7 Å². The largest absolute Gasteiger partial charge is 0.496 e. The highest BCUT2D eigenvalue weighted by Crippen LogP contribution is 2.51. The third-order valence-corrected chi connectivity index (χ3v) is 6.27. The van der Waals surface area contributed by atoms with Crippen LogP contribution in [0.25, 0.3) is 0 Å². The average molecular weight is 293 g/mol. The van der Waals surface area contributed by atoms with E-state index in [0.29, 0.717) is 6.04 Å². The van der Waals surface area contributed by atoms with Gasteiger partial charge in [-0.25, -0.2) is 0 Å². The molecule has 1 aromatic heterocycles. The van der Waals surface area contributed by atoms with E-state index in [1.54, 1.807) is 7.11 Å². The van der Waals surface area contributed by atoms with Crippen LogP contribution in [0.1, 0.15) is 56.4 Å². The summed E-state index contributed by atoms with van der Waals surface area (Å²) in [5.41, 5.74) is 0. The van der Waals surface area contributed by atoms with Crippen LogP contribution in [-0.2, 0) is 0 Å². The molecule has 2 aliphatic rings. The summed E-state index contributed by atoms with van der Waals surface area (Å²) < 4.78 is 5.54. The molecule has 2 nitrogen and oxygen atoms in total. The van der Waals surface area contributed by atoms with Crippen molar-refractivity contribution in [1.82, 2.24) is 5.32 Å². The van der Waals surface area contributed by atoms with Gasteiger partial charge in [0, 0.05) is 6.04 Å². The molecular weight excluding hydrogens is 266 g/mol. The van der Waals surface area contributed by atoms with Gasteiger partial charge in [-0.05, 0) is 67.8 Å². The van der Waals surface area contributed by atoms with E-state index in [0.717, 1.165) is 30.0 Å². The lowest BCUT2D eigenvalue weighted by Crippen LogP contribution is -2.26. The molecular formula is C17H27NOS. The monoisotopic (exact) mass is 293 g/mol. The molecule has 2 bridgehead atoms. The molecule has 4 unspecified atom stereocenters. The molecule has 1 aromatic rings. The molecule has 2 fully saturated rings. The highest BCUT2D eigenvalue weighted by Gasteiger charge is 2.40. The van der Waals surface area contributed by atoms with Crippen LogP contribution in [0, 0.1) is 17.8 Å². The molecule has 2 aliphatic carbocycles. The van der Waals surface area contributed by atoms with Crippen molar-refractivity contribution in [3.63, 3.8) is 0 Å². The van der Waals surface area contributed by atoms with Crippen LogP contribution in [0.5, 0.6) is 5.75 Å². The molecule has 1 N–H and O–H groups in total. The van der Waals surface area contributed by atoms with Gasteiger partial charge in [-0.15, -0.1) is 11.3 Å². The Morgan fingerprint density at radius 1 is 1.40 bits per heavy atom. The van der Waals surface area contributed by atoms with Crippen molar-refractivity contribution in [2.45, 2.75) is 51.5 Å². The van der Waals surface area contributed by atoms with Gasteiger partial charge in [-0.3, -0.25) is 0 Å². The van der Waals surface area contributed by atoms with Gasteiger partial charge in [0.05, 0.1) is 12.0 Å². The van der Waals surface area contributed by atoms with Crippen molar-refractivity contribution >= 4 is 11.3 Å². The summed E-state index contributed by atoms with van der Waals surface area (Å²) in [4.78, 5) is 1.41. The van der Waals surface area contributed by atoms with Crippen molar-refractivity contribution in [1.29, 1.82) is 0 Å². The molecule has 1 heterocycles.